The minimum Gasteiger partial charge on any atom is -0.271 e. The molecule has 0 fully saturated rings. The van der Waals surface area contributed by atoms with Crippen LogP contribution in [0.15, 0.2) is 72.8 Å². The summed E-state index contributed by atoms with van der Waals surface area (Å²) >= 11 is 0. The van der Waals surface area contributed by atoms with Gasteiger partial charge in [0.25, 0.3) is 0 Å². The van der Waals surface area contributed by atoms with Gasteiger partial charge < -0.3 is 0 Å². The number of unbranched alkanes of at least 4 members (excludes halogenated alkanes) is 5. The summed E-state index contributed by atoms with van der Waals surface area (Å²) in [5.41, 5.74) is 3.23. The minimum absolute atomic E-state index is 0.732. The van der Waals surface area contributed by atoms with Crippen LogP contribution in [0.2, 0.25) is 0 Å². The van der Waals surface area contributed by atoms with Gasteiger partial charge in [0.1, 0.15) is 0 Å². The largest absolute Gasteiger partial charge is 0.541 e. The molecule has 0 radical (unpaired) electrons. The lowest BCUT2D eigenvalue weighted by atomic mass is 10.1. The van der Waals surface area contributed by atoms with E-state index in [2.05, 4.69) is 45.9 Å². The van der Waals surface area contributed by atoms with Crippen molar-refractivity contribution in [1.29, 1.82) is 0 Å². The van der Waals surface area contributed by atoms with Crippen molar-refractivity contribution in [2.75, 3.05) is 6.16 Å². The SMILES string of the molecule is CCCCCCCC[P+](Oc1ccccc1C)(Oc1ccccc1C)Oc1ccccc1C. The lowest BCUT2D eigenvalue weighted by molar-refractivity contribution is 0.349. The lowest BCUT2D eigenvalue weighted by Crippen LogP contribution is -2.20. The van der Waals surface area contributed by atoms with E-state index in [1.165, 1.54) is 25.7 Å². The second-order valence-corrected chi connectivity index (χ2v) is 10.9. The fourth-order valence-corrected chi connectivity index (χ4v) is 6.21. The third-order valence-corrected chi connectivity index (χ3v) is 8.07. The van der Waals surface area contributed by atoms with Gasteiger partial charge in [-0.2, -0.15) is 0 Å². The topological polar surface area (TPSA) is 27.7 Å². The van der Waals surface area contributed by atoms with E-state index in [9.17, 15) is 0 Å². The van der Waals surface area contributed by atoms with Gasteiger partial charge in [-0.05, 0) is 68.5 Å². The van der Waals surface area contributed by atoms with Gasteiger partial charge in [0.2, 0.25) is 0 Å². The molecule has 33 heavy (non-hydrogen) atoms. The lowest BCUT2D eigenvalue weighted by Gasteiger charge is -2.25. The molecule has 0 heterocycles. The van der Waals surface area contributed by atoms with E-state index in [1.54, 1.807) is 0 Å². The number of para-hydroxylation sites is 3. The van der Waals surface area contributed by atoms with Gasteiger partial charge in [0.15, 0.2) is 23.4 Å². The Kier molecular flexibility index (Phi) is 9.63. The zero-order chi connectivity index (χ0) is 23.5. The predicted octanol–water partition coefficient (Wildman–Crippen LogP) is 9.27. The van der Waals surface area contributed by atoms with Crippen LogP contribution in [0, 0.1) is 20.8 Å². The van der Waals surface area contributed by atoms with Crippen LogP contribution in [0.4, 0.5) is 0 Å². The summed E-state index contributed by atoms with van der Waals surface area (Å²) in [7, 11) is -2.80. The van der Waals surface area contributed by atoms with E-state index in [-0.39, 0.29) is 0 Å². The molecule has 0 unspecified atom stereocenters. The zero-order valence-corrected chi connectivity index (χ0v) is 21.4. The van der Waals surface area contributed by atoms with E-state index < -0.39 is 7.94 Å². The molecule has 0 spiro atoms. The van der Waals surface area contributed by atoms with Crippen LogP contribution in [0.1, 0.15) is 62.1 Å². The summed E-state index contributed by atoms with van der Waals surface area (Å²) in [6.07, 6.45) is 7.93. The van der Waals surface area contributed by atoms with Gasteiger partial charge in [0, 0.05) is 0 Å². The van der Waals surface area contributed by atoms with E-state index in [0.29, 0.717) is 0 Å². The average Bonchev–Trinajstić information content (AvgIpc) is 2.81. The molecule has 0 atom stereocenters. The second-order valence-electron chi connectivity index (χ2n) is 8.67. The summed E-state index contributed by atoms with van der Waals surface area (Å²) < 4.78 is 20.2. The van der Waals surface area contributed by atoms with Gasteiger partial charge in [-0.15, -0.1) is 0 Å². The maximum absolute atomic E-state index is 6.75. The van der Waals surface area contributed by atoms with E-state index in [4.69, 9.17) is 13.6 Å². The molecule has 0 aromatic heterocycles. The predicted molar refractivity (Wildman–Crippen MR) is 141 cm³/mol. The van der Waals surface area contributed by atoms with Gasteiger partial charge in [-0.3, -0.25) is 13.6 Å². The molecule has 0 N–H and O–H groups in total. The van der Waals surface area contributed by atoms with Crippen molar-refractivity contribution < 1.29 is 13.6 Å². The number of benzene rings is 3. The molecule has 3 nitrogen and oxygen atoms in total. The second kappa shape index (κ2) is 12.7. The van der Waals surface area contributed by atoms with Crippen molar-refractivity contribution in [3.05, 3.63) is 89.5 Å². The van der Waals surface area contributed by atoms with Crippen LogP contribution in [0.5, 0.6) is 17.2 Å². The summed E-state index contributed by atoms with van der Waals surface area (Å²) in [4.78, 5) is 0. The van der Waals surface area contributed by atoms with Crippen LogP contribution >= 0.6 is 7.94 Å². The molecular weight excluding hydrogens is 427 g/mol. The maximum Gasteiger partial charge on any atom is 0.541 e. The molecule has 3 aromatic carbocycles. The van der Waals surface area contributed by atoms with Gasteiger partial charge in [-0.1, -0.05) is 87.2 Å². The molecule has 0 aliphatic heterocycles. The average molecular weight is 466 g/mol. The number of hydrogen-bond acceptors (Lipinski definition) is 3. The molecule has 0 saturated heterocycles. The normalized spacial score (nSPS) is 11.3. The van der Waals surface area contributed by atoms with Crippen LogP contribution in [-0.2, 0) is 0 Å². The summed E-state index contributed by atoms with van der Waals surface area (Å²) in [6, 6.07) is 24.3. The Hall–Kier alpha value is -2.51. The van der Waals surface area contributed by atoms with Crippen LogP contribution in [0.25, 0.3) is 0 Å². The van der Waals surface area contributed by atoms with Crippen molar-refractivity contribution in [2.45, 2.75) is 66.2 Å². The Morgan fingerprint density at radius 3 is 1.27 bits per heavy atom. The molecule has 3 aromatic rings. The van der Waals surface area contributed by atoms with Crippen LogP contribution in [0.3, 0.4) is 0 Å². The van der Waals surface area contributed by atoms with Crippen molar-refractivity contribution in [3.63, 3.8) is 0 Å². The minimum atomic E-state index is -2.80. The molecule has 4 heteroatoms. The first-order chi connectivity index (χ1) is 16.0. The quantitative estimate of drug-likeness (QED) is 0.186. The number of rotatable bonds is 13. The molecule has 0 aliphatic carbocycles. The highest BCUT2D eigenvalue weighted by atomic mass is 31.2. The molecule has 0 amide bonds. The molecular formula is C29H38O3P+. The van der Waals surface area contributed by atoms with E-state index in [0.717, 1.165) is 52.9 Å². The molecule has 3 rings (SSSR count). The molecule has 176 valence electrons. The Labute approximate surface area is 200 Å². The monoisotopic (exact) mass is 465 g/mol. The highest BCUT2D eigenvalue weighted by Crippen LogP contribution is 2.62. The first-order valence-corrected chi connectivity index (χ1v) is 13.9. The summed E-state index contributed by atoms with van der Waals surface area (Å²) in [5, 5.41) is 0. The molecule has 0 saturated carbocycles. The highest BCUT2D eigenvalue weighted by Gasteiger charge is 2.50. The third-order valence-electron chi connectivity index (χ3n) is 5.78. The van der Waals surface area contributed by atoms with E-state index >= 15 is 0 Å². The fraction of sp³-hybridized carbons (Fsp3) is 0.379. The van der Waals surface area contributed by atoms with Crippen LogP contribution in [-0.4, -0.2) is 6.16 Å². The van der Waals surface area contributed by atoms with Crippen molar-refractivity contribution >= 4 is 7.94 Å². The summed E-state index contributed by atoms with van der Waals surface area (Å²) in [5.74, 6) is 2.46. The highest BCUT2D eigenvalue weighted by molar-refractivity contribution is 7.62. The zero-order valence-electron chi connectivity index (χ0n) is 20.5. The van der Waals surface area contributed by atoms with Gasteiger partial charge in [-0.25, -0.2) is 0 Å². The molecule has 0 bridgehead atoms. The standard InChI is InChI=1S/C29H38O3P/c1-5-6-7-8-9-16-23-33(30-27-20-13-10-17-24(27)2,31-28-21-14-11-18-25(28)3)32-29-22-15-12-19-26(29)4/h10-15,17-22H,5-9,16,23H2,1-4H3/q+1. The Bertz CT molecular complexity index is 886. The van der Waals surface area contributed by atoms with Crippen molar-refractivity contribution in [2.24, 2.45) is 0 Å². The maximum atomic E-state index is 6.75. The Morgan fingerprint density at radius 1 is 0.515 bits per heavy atom. The third kappa shape index (κ3) is 7.51. The number of hydrogen-bond donors (Lipinski definition) is 0. The first-order valence-electron chi connectivity index (χ1n) is 12.2. The molecule has 0 aliphatic rings. The van der Waals surface area contributed by atoms with Crippen molar-refractivity contribution in [3.8, 4) is 17.2 Å². The fourth-order valence-electron chi connectivity index (χ4n) is 3.70. The van der Waals surface area contributed by atoms with Crippen LogP contribution < -0.4 is 13.6 Å². The number of aryl methyl sites for hydroxylation is 3. The smallest absolute Gasteiger partial charge is 0.271 e. The summed E-state index contributed by atoms with van der Waals surface area (Å²) in [6.45, 7) is 8.45. The van der Waals surface area contributed by atoms with Gasteiger partial charge >= 0.3 is 7.94 Å². The Balaban J connectivity index is 1.95. The van der Waals surface area contributed by atoms with Gasteiger partial charge in [0.05, 0.1) is 0 Å². The first kappa shape index (κ1) is 25.1. The van der Waals surface area contributed by atoms with E-state index in [1.807, 2.05) is 54.6 Å². The van der Waals surface area contributed by atoms with Crippen molar-refractivity contribution in [1.82, 2.24) is 0 Å². The Morgan fingerprint density at radius 2 is 0.879 bits per heavy atom.